The third-order valence-corrected chi connectivity index (χ3v) is 1.97. The van der Waals surface area contributed by atoms with E-state index < -0.39 is 12.1 Å². The number of rotatable bonds is 6. The van der Waals surface area contributed by atoms with E-state index in [9.17, 15) is 9.90 Å². The molecule has 0 fully saturated rings. The van der Waals surface area contributed by atoms with Crippen molar-refractivity contribution in [1.29, 1.82) is 0 Å². The van der Waals surface area contributed by atoms with E-state index in [1.165, 1.54) is 13.0 Å². The van der Waals surface area contributed by atoms with Gasteiger partial charge in [0.25, 0.3) is 0 Å². The number of carbonyl (C=O) groups is 1. The summed E-state index contributed by atoms with van der Waals surface area (Å²) in [5.74, 6) is -1.06. The molecule has 0 aromatic rings. The number of carboxylic acid groups (broad SMARTS) is 1. The standard InChI is InChI=1S/C10H16O4/c1-3-4-8(7(2)10(13)14)9(12)5-6-11/h3,9,11-12H,1,4-6H2,2H3,(H,13,14). The SMILES string of the molecule is C=CCC(=C(C)C(=O)O)C(O)CCO. The van der Waals surface area contributed by atoms with E-state index >= 15 is 0 Å². The monoisotopic (exact) mass is 200 g/mol. The van der Waals surface area contributed by atoms with Gasteiger partial charge in [0.05, 0.1) is 6.10 Å². The van der Waals surface area contributed by atoms with Gasteiger partial charge < -0.3 is 15.3 Å². The predicted molar refractivity (Wildman–Crippen MR) is 52.9 cm³/mol. The molecule has 0 aliphatic carbocycles. The number of aliphatic hydroxyl groups excluding tert-OH is 2. The maximum atomic E-state index is 10.7. The molecule has 0 rings (SSSR count). The van der Waals surface area contributed by atoms with Crippen molar-refractivity contribution in [2.75, 3.05) is 6.61 Å². The van der Waals surface area contributed by atoms with E-state index in [2.05, 4.69) is 6.58 Å². The molecule has 3 N–H and O–H groups in total. The van der Waals surface area contributed by atoms with Gasteiger partial charge in [-0.3, -0.25) is 0 Å². The average Bonchev–Trinajstić information content (AvgIpc) is 2.13. The molecule has 0 aliphatic rings. The van der Waals surface area contributed by atoms with E-state index in [0.29, 0.717) is 12.0 Å². The minimum absolute atomic E-state index is 0.117. The highest BCUT2D eigenvalue weighted by atomic mass is 16.4. The van der Waals surface area contributed by atoms with Crippen LogP contribution in [-0.4, -0.2) is 34.0 Å². The molecule has 80 valence electrons. The van der Waals surface area contributed by atoms with Gasteiger partial charge in [0.1, 0.15) is 0 Å². The minimum Gasteiger partial charge on any atom is -0.478 e. The van der Waals surface area contributed by atoms with Crippen molar-refractivity contribution in [1.82, 2.24) is 0 Å². The fraction of sp³-hybridized carbons (Fsp3) is 0.500. The van der Waals surface area contributed by atoms with Crippen LogP contribution in [0.2, 0.25) is 0 Å². The number of aliphatic carboxylic acids is 1. The van der Waals surface area contributed by atoms with Crippen LogP contribution in [-0.2, 0) is 4.79 Å². The molecule has 1 atom stereocenters. The molecule has 0 amide bonds. The van der Waals surface area contributed by atoms with Gasteiger partial charge in [-0.05, 0) is 18.9 Å². The number of hydrogen-bond donors (Lipinski definition) is 3. The maximum Gasteiger partial charge on any atom is 0.331 e. The summed E-state index contributed by atoms with van der Waals surface area (Å²) >= 11 is 0. The zero-order valence-electron chi connectivity index (χ0n) is 8.23. The van der Waals surface area contributed by atoms with Gasteiger partial charge >= 0.3 is 5.97 Å². The summed E-state index contributed by atoms with van der Waals surface area (Å²) in [6, 6.07) is 0. The summed E-state index contributed by atoms with van der Waals surface area (Å²) < 4.78 is 0. The fourth-order valence-corrected chi connectivity index (χ4v) is 1.13. The van der Waals surface area contributed by atoms with Crippen LogP contribution in [0.4, 0.5) is 0 Å². The third-order valence-electron chi connectivity index (χ3n) is 1.97. The second-order valence-electron chi connectivity index (χ2n) is 2.98. The molecule has 0 saturated carbocycles. The van der Waals surface area contributed by atoms with E-state index in [0.717, 1.165) is 0 Å². The van der Waals surface area contributed by atoms with Gasteiger partial charge in [-0.15, -0.1) is 6.58 Å². The lowest BCUT2D eigenvalue weighted by Crippen LogP contribution is -2.16. The van der Waals surface area contributed by atoms with Gasteiger partial charge in [-0.2, -0.15) is 0 Å². The van der Waals surface area contributed by atoms with Crippen molar-refractivity contribution >= 4 is 5.97 Å². The number of aliphatic hydroxyl groups is 2. The highest BCUT2D eigenvalue weighted by Crippen LogP contribution is 2.16. The molecule has 4 heteroatoms. The molecule has 0 bridgehead atoms. The molecule has 0 aromatic heterocycles. The molecule has 0 heterocycles. The fourth-order valence-electron chi connectivity index (χ4n) is 1.13. The molecule has 0 saturated heterocycles. The van der Waals surface area contributed by atoms with Crippen LogP contribution in [0.1, 0.15) is 19.8 Å². The molecule has 0 aliphatic heterocycles. The van der Waals surface area contributed by atoms with Crippen LogP contribution in [0.15, 0.2) is 23.8 Å². The van der Waals surface area contributed by atoms with Gasteiger partial charge in [-0.1, -0.05) is 6.08 Å². The van der Waals surface area contributed by atoms with Crippen LogP contribution in [0.25, 0.3) is 0 Å². The predicted octanol–water partition coefficient (Wildman–Crippen LogP) is 0.707. The van der Waals surface area contributed by atoms with Gasteiger partial charge in [0.2, 0.25) is 0 Å². The Balaban J connectivity index is 4.81. The zero-order chi connectivity index (χ0) is 11.1. The first-order chi connectivity index (χ1) is 6.54. The first kappa shape index (κ1) is 12.9. The van der Waals surface area contributed by atoms with Crippen molar-refractivity contribution in [2.24, 2.45) is 0 Å². The summed E-state index contributed by atoms with van der Waals surface area (Å²) in [7, 11) is 0. The Kier molecular flexibility index (Phi) is 5.83. The first-order valence-electron chi connectivity index (χ1n) is 4.37. The topological polar surface area (TPSA) is 77.8 Å². The molecular formula is C10H16O4. The smallest absolute Gasteiger partial charge is 0.331 e. The van der Waals surface area contributed by atoms with Crippen LogP contribution in [0, 0.1) is 0 Å². The van der Waals surface area contributed by atoms with Gasteiger partial charge in [0.15, 0.2) is 0 Å². The quantitative estimate of drug-likeness (QED) is 0.436. The van der Waals surface area contributed by atoms with E-state index in [4.69, 9.17) is 10.2 Å². The average molecular weight is 200 g/mol. The van der Waals surface area contributed by atoms with E-state index in [1.807, 2.05) is 0 Å². The van der Waals surface area contributed by atoms with E-state index in [-0.39, 0.29) is 18.6 Å². The third kappa shape index (κ3) is 3.72. The number of carboxylic acids is 1. The van der Waals surface area contributed by atoms with Crippen LogP contribution < -0.4 is 0 Å². The van der Waals surface area contributed by atoms with Crippen LogP contribution >= 0.6 is 0 Å². The Morgan fingerprint density at radius 2 is 2.14 bits per heavy atom. The van der Waals surface area contributed by atoms with Crippen molar-refractivity contribution in [3.8, 4) is 0 Å². The summed E-state index contributed by atoms with van der Waals surface area (Å²) in [6.07, 6.45) is 1.09. The lowest BCUT2D eigenvalue weighted by molar-refractivity contribution is -0.132. The van der Waals surface area contributed by atoms with Crippen molar-refractivity contribution in [3.63, 3.8) is 0 Å². The highest BCUT2D eigenvalue weighted by Gasteiger charge is 2.15. The van der Waals surface area contributed by atoms with Crippen LogP contribution in [0.3, 0.4) is 0 Å². The molecular weight excluding hydrogens is 184 g/mol. The van der Waals surface area contributed by atoms with Crippen molar-refractivity contribution in [2.45, 2.75) is 25.9 Å². The summed E-state index contributed by atoms with van der Waals surface area (Å²) in [4.78, 5) is 10.7. The van der Waals surface area contributed by atoms with E-state index in [1.54, 1.807) is 0 Å². The largest absolute Gasteiger partial charge is 0.478 e. The molecule has 14 heavy (non-hydrogen) atoms. The summed E-state index contributed by atoms with van der Waals surface area (Å²) in [5.41, 5.74) is 0.521. The Labute approximate surface area is 83.2 Å². The number of allylic oxidation sites excluding steroid dienone is 1. The second kappa shape index (κ2) is 6.34. The van der Waals surface area contributed by atoms with Gasteiger partial charge in [0, 0.05) is 18.6 Å². The van der Waals surface area contributed by atoms with Crippen molar-refractivity contribution < 1.29 is 20.1 Å². The summed E-state index contributed by atoms with van der Waals surface area (Å²) in [5, 5.41) is 26.9. The lowest BCUT2D eigenvalue weighted by atomic mass is 9.98. The van der Waals surface area contributed by atoms with Gasteiger partial charge in [-0.25, -0.2) is 4.79 Å². The highest BCUT2D eigenvalue weighted by molar-refractivity contribution is 5.87. The number of hydrogen-bond acceptors (Lipinski definition) is 3. The van der Waals surface area contributed by atoms with Crippen LogP contribution in [0.5, 0.6) is 0 Å². The van der Waals surface area contributed by atoms with Crippen molar-refractivity contribution in [3.05, 3.63) is 23.8 Å². The molecule has 0 aromatic carbocycles. The first-order valence-corrected chi connectivity index (χ1v) is 4.37. The molecule has 4 nitrogen and oxygen atoms in total. The maximum absolute atomic E-state index is 10.7. The lowest BCUT2D eigenvalue weighted by Gasteiger charge is -2.14. The molecule has 0 spiro atoms. The summed E-state index contributed by atoms with van der Waals surface area (Å²) in [6.45, 7) is 4.74. The Bertz CT molecular complexity index is 243. The Morgan fingerprint density at radius 3 is 2.50 bits per heavy atom. The Hall–Kier alpha value is -1.13. The zero-order valence-corrected chi connectivity index (χ0v) is 8.23. The Morgan fingerprint density at radius 1 is 1.57 bits per heavy atom. The normalized spacial score (nSPS) is 14.5. The second-order valence-corrected chi connectivity index (χ2v) is 2.98. The minimum atomic E-state index is -1.06. The molecule has 0 radical (unpaired) electrons. The molecule has 1 unspecified atom stereocenters.